The van der Waals surface area contributed by atoms with Gasteiger partial charge in [0.2, 0.25) is 0 Å². The molecule has 0 saturated heterocycles. The highest BCUT2D eigenvalue weighted by molar-refractivity contribution is 6.33. The number of nitrogens with zero attached hydrogens (tertiary/aromatic N) is 3. The number of hydrogen-bond acceptors (Lipinski definition) is 3. The van der Waals surface area contributed by atoms with Gasteiger partial charge in [-0.1, -0.05) is 74.3 Å². The summed E-state index contributed by atoms with van der Waals surface area (Å²) in [7, 11) is 0. The maximum Gasteiger partial charge on any atom is 0.155 e. The molecule has 30 heavy (non-hydrogen) atoms. The van der Waals surface area contributed by atoms with Gasteiger partial charge in [0.25, 0.3) is 0 Å². The van der Waals surface area contributed by atoms with Crippen molar-refractivity contribution in [3.63, 3.8) is 0 Å². The number of fused-ring (bicyclic) bond motifs is 1. The Labute approximate surface area is 182 Å². The maximum atomic E-state index is 6.47. The van der Waals surface area contributed by atoms with Crippen LogP contribution in [0.15, 0.2) is 67.0 Å². The maximum absolute atomic E-state index is 6.47. The van der Waals surface area contributed by atoms with Gasteiger partial charge in [-0.15, -0.1) is 0 Å². The molecule has 1 aliphatic carbocycles. The second-order valence-corrected chi connectivity index (χ2v) is 7.54. The first-order chi connectivity index (χ1) is 14.8. The minimum atomic E-state index is 0.478. The molecular formula is C25H26ClN3O. The minimum Gasteiger partial charge on any atom is -0.489 e. The van der Waals surface area contributed by atoms with Crippen LogP contribution in [0.5, 0.6) is 5.75 Å². The SMILES string of the molecule is CC.Clc1nccn2c(C3CCC3)nc(-c3cccc(OCc4ccccc4)c3)c12. The van der Waals surface area contributed by atoms with E-state index in [1.165, 1.54) is 19.3 Å². The van der Waals surface area contributed by atoms with E-state index in [1.807, 2.05) is 62.5 Å². The van der Waals surface area contributed by atoms with Crippen molar-refractivity contribution < 1.29 is 4.74 Å². The Morgan fingerprint density at radius 3 is 2.60 bits per heavy atom. The average molecular weight is 420 g/mol. The summed E-state index contributed by atoms with van der Waals surface area (Å²) in [6.07, 6.45) is 7.32. The van der Waals surface area contributed by atoms with Crippen molar-refractivity contribution in [3.05, 3.63) is 83.5 Å². The van der Waals surface area contributed by atoms with Gasteiger partial charge in [0, 0.05) is 23.9 Å². The van der Waals surface area contributed by atoms with E-state index >= 15 is 0 Å². The number of rotatable bonds is 5. The summed E-state index contributed by atoms with van der Waals surface area (Å²) in [5, 5.41) is 0.478. The molecule has 0 aliphatic heterocycles. The molecule has 2 aromatic heterocycles. The monoisotopic (exact) mass is 419 g/mol. The third kappa shape index (κ3) is 4.05. The Morgan fingerprint density at radius 1 is 1.07 bits per heavy atom. The zero-order valence-electron chi connectivity index (χ0n) is 17.4. The van der Waals surface area contributed by atoms with E-state index in [4.69, 9.17) is 21.3 Å². The molecule has 1 saturated carbocycles. The molecule has 154 valence electrons. The van der Waals surface area contributed by atoms with E-state index < -0.39 is 0 Å². The topological polar surface area (TPSA) is 39.4 Å². The summed E-state index contributed by atoms with van der Waals surface area (Å²) in [5.74, 6) is 2.39. The van der Waals surface area contributed by atoms with Gasteiger partial charge in [-0.25, -0.2) is 9.97 Å². The first-order valence-corrected chi connectivity index (χ1v) is 11.0. The molecule has 1 fully saturated rings. The van der Waals surface area contributed by atoms with Crippen LogP contribution < -0.4 is 4.74 Å². The molecule has 0 unspecified atom stereocenters. The Balaban J connectivity index is 0.00000106. The first-order valence-electron chi connectivity index (χ1n) is 10.6. The van der Waals surface area contributed by atoms with Crippen LogP contribution in [0.1, 0.15) is 50.4 Å². The summed E-state index contributed by atoms with van der Waals surface area (Å²) < 4.78 is 8.10. The van der Waals surface area contributed by atoms with Crippen LogP contribution in [0.2, 0.25) is 5.15 Å². The van der Waals surface area contributed by atoms with Gasteiger partial charge in [0.1, 0.15) is 23.7 Å². The molecule has 4 nitrogen and oxygen atoms in total. The smallest absolute Gasteiger partial charge is 0.155 e. The summed E-state index contributed by atoms with van der Waals surface area (Å²) in [5.41, 5.74) is 3.86. The van der Waals surface area contributed by atoms with Crippen molar-refractivity contribution in [1.82, 2.24) is 14.4 Å². The normalized spacial score (nSPS) is 13.4. The van der Waals surface area contributed by atoms with E-state index in [9.17, 15) is 0 Å². The summed E-state index contributed by atoms with van der Waals surface area (Å²) in [4.78, 5) is 9.27. The molecule has 0 amide bonds. The lowest BCUT2D eigenvalue weighted by molar-refractivity contribution is 0.306. The van der Waals surface area contributed by atoms with Gasteiger partial charge in [-0.2, -0.15) is 0 Å². The zero-order valence-corrected chi connectivity index (χ0v) is 18.1. The molecule has 2 heterocycles. The molecule has 4 aromatic rings. The zero-order chi connectivity index (χ0) is 20.9. The van der Waals surface area contributed by atoms with Crippen LogP contribution in [0.4, 0.5) is 0 Å². The lowest BCUT2D eigenvalue weighted by Gasteiger charge is -2.23. The van der Waals surface area contributed by atoms with Crippen molar-refractivity contribution in [2.24, 2.45) is 0 Å². The minimum absolute atomic E-state index is 0.478. The molecule has 0 N–H and O–H groups in total. The highest BCUT2D eigenvalue weighted by Gasteiger charge is 2.27. The van der Waals surface area contributed by atoms with Crippen molar-refractivity contribution in [2.75, 3.05) is 0 Å². The van der Waals surface area contributed by atoms with Gasteiger partial charge in [0.15, 0.2) is 5.15 Å². The predicted octanol–water partition coefficient (Wildman–Crippen LogP) is 6.92. The van der Waals surface area contributed by atoms with E-state index in [1.54, 1.807) is 6.20 Å². The molecule has 5 heteroatoms. The Kier molecular flexibility index (Phi) is 6.34. The van der Waals surface area contributed by atoms with Crippen LogP contribution >= 0.6 is 11.6 Å². The van der Waals surface area contributed by atoms with Crippen LogP contribution in [-0.4, -0.2) is 14.4 Å². The van der Waals surface area contributed by atoms with Gasteiger partial charge < -0.3 is 4.74 Å². The number of ether oxygens (including phenoxy) is 1. The standard InChI is InChI=1S/C23H20ClN3O.C2H6/c24-22-21-20(26-23(17-8-4-9-17)27(21)13-12-25-22)18-10-5-11-19(14-18)28-15-16-6-2-1-3-7-16;1-2/h1-3,5-7,10-14,17H,4,8-9,15H2;1-2H3. The van der Waals surface area contributed by atoms with E-state index in [0.717, 1.165) is 33.9 Å². The fourth-order valence-corrected chi connectivity index (χ4v) is 3.89. The lowest BCUT2D eigenvalue weighted by atomic mass is 9.85. The predicted molar refractivity (Wildman–Crippen MR) is 122 cm³/mol. The van der Waals surface area contributed by atoms with Gasteiger partial charge in [0.05, 0.1) is 5.69 Å². The molecule has 0 spiro atoms. The average Bonchev–Trinajstić information content (AvgIpc) is 3.14. The molecule has 0 bridgehead atoms. The highest BCUT2D eigenvalue weighted by Crippen LogP contribution is 2.39. The molecule has 1 aliphatic rings. The first kappa shape index (κ1) is 20.4. The third-order valence-electron chi connectivity index (χ3n) is 5.36. The molecule has 0 atom stereocenters. The van der Waals surface area contributed by atoms with Gasteiger partial charge in [-0.05, 0) is 30.5 Å². The Bertz CT molecular complexity index is 1120. The fraction of sp³-hybridized carbons (Fsp3) is 0.280. The second-order valence-electron chi connectivity index (χ2n) is 7.19. The van der Waals surface area contributed by atoms with Crippen molar-refractivity contribution in [1.29, 1.82) is 0 Å². The van der Waals surface area contributed by atoms with Crippen LogP contribution in [0.3, 0.4) is 0 Å². The molecular weight excluding hydrogens is 394 g/mol. The molecule has 5 rings (SSSR count). The number of imidazole rings is 1. The summed E-state index contributed by atoms with van der Waals surface area (Å²) in [6.45, 7) is 4.53. The van der Waals surface area contributed by atoms with Crippen molar-refractivity contribution in [2.45, 2.75) is 45.6 Å². The molecule has 2 aromatic carbocycles. The fourth-order valence-electron chi connectivity index (χ4n) is 3.65. The number of aromatic nitrogens is 3. The summed E-state index contributed by atoms with van der Waals surface area (Å²) in [6, 6.07) is 18.2. The number of hydrogen-bond donors (Lipinski definition) is 0. The van der Waals surface area contributed by atoms with Gasteiger partial charge in [-0.3, -0.25) is 4.40 Å². The van der Waals surface area contributed by atoms with Crippen LogP contribution in [-0.2, 0) is 6.61 Å². The Hall–Kier alpha value is -2.85. The Morgan fingerprint density at radius 2 is 1.87 bits per heavy atom. The number of benzene rings is 2. The van der Waals surface area contributed by atoms with E-state index in [-0.39, 0.29) is 0 Å². The number of halogens is 1. The summed E-state index contributed by atoms with van der Waals surface area (Å²) >= 11 is 6.47. The van der Waals surface area contributed by atoms with Crippen LogP contribution in [0, 0.1) is 0 Å². The van der Waals surface area contributed by atoms with Crippen LogP contribution in [0.25, 0.3) is 16.8 Å². The quantitative estimate of drug-likeness (QED) is 0.352. The van der Waals surface area contributed by atoms with E-state index in [0.29, 0.717) is 17.7 Å². The lowest BCUT2D eigenvalue weighted by Crippen LogP contribution is -2.12. The molecule has 0 radical (unpaired) electrons. The van der Waals surface area contributed by atoms with Crippen molar-refractivity contribution in [3.8, 4) is 17.0 Å². The third-order valence-corrected chi connectivity index (χ3v) is 5.64. The second kappa shape index (κ2) is 9.31. The van der Waals surface area contributed by atoms with E-state index in [2.05, 4.69) is 21.5 Å². The van der Waals surface area contributed by atoms with Gasteiger partial charge >= 0.3 is 0 Å². The van der Waals surface area contributed by atoms with Crippen molar-refractivity contribution >= 4 is 17.1 Å². The largest absolute Gasteiger partial charge is 0.489 e. The highest BCUT2D eigenvalue weighted by atomic mass is 35.5.